The Kier molecular flexibility index (Phi) is 2.64. The van der Waals surface area contributed by atoms with Gasteiger partial charge < -0.3 is 4.90 Å². The molecule has 3 heteroatoms. The van der Waals surface area contributed by atoms with Crippen LogP contribution in [0.2, 0.25) is 0 Å². The number of nitrogens with zero attached hydrogens (tertiary/aromatic N) is 1. The van der Waals surface area contributed by atoms with Crippen LogP contribution in [-0.4, -0.2) is 30.6 Å². The Morgan fingerprint density at radius 3 is 2.15 bits per heavy atom. The summed E-state index contributed by atoms with van der Waals surface area (Å²) in [5.74, 6) is 0.0439. The number of carbonyl (C=O) groups is 1. The molecular weight excluding hydrogens is 169 g/mol. The number of carbonyl (C=O) groups excluding carboxylic acids is 1. The summed E-state index contributed by atoms with van der Waals surface area (Å²) in [5, 5.41) is 0. The molecule has 0 saturated carbocycles. The molecule has 2 atom stereocenters. The standard InChI is InChI=1S/C10H18FNO/c1-7(2)10(8(3)11)5-6-12(4)9(10)13/h7-8H,5-6H2,1-4H3. The van der Waals surface area contributed by atoms with E-state index < -0.39 is 11.6 Å². The highest BCUT2D eigenvalue weighted by Gasteiger charge is 2.51. The van der Waals surface area contributed by atoms with Crippen LogP contribution in [-0.2, 0) is 4.79 Å². The van der Waals surface area contributed by atoms with E-state index in [4.69, 9.17) is 0 Å². The molecule has 2 unspecified atom stereocenters. The molecule has 0 spiro atoms. The van der Waals surface area contributed by atoms with Crippen molar-refractivity contribution in [1.29, 1.82) is 0 Å². The Balaban J connectivity index is 2.99. The van der Waals surface area contributed by atoms with Gasteiger partial charge in [0.25, 0.3) is 0 Å². The predicted molar refractivity (Wildman–Crippen MR) is 50.1 cm³/mol. The van der Waals surface area contributed by atoms with E-state index >= 15 is 0 Å². The van der Waals surface area contributed by atoms with Crippen LogP contribution in [0.25, 0.3) is 0 Å². The summed E-state index contributed by atoms with van der Waals surface area (Å²) >= 11 is 0. The average molecular weight is 187 g/mol. The van der Waals surface area contributed by atoms with Crippen molar-refractivity contribution in [2.75, 3.05) is 13.6 Å². The van der Waals surface area contributed by atoms with E-state index in [1.807, 2.05) is 13.8 Å². The number of hydrogen-bond donors (Lipinski definition) is 0. The van der Waals surface area contributed by atoms with Crippen molar-refractivity contribution in [3.63, 3.8) is 0 Å². The van der Waals surface area contributed by atoms with Gasteiger partial charge in [-0.15, -0.1) is 0 Å². The van der Waals surface area contributed by atoms with Crippen LogP contribution in [0.4, 0.5) is 4.39 Å². The first-order chi connectivity index (χ1) is 5.93. The van der Waals surface area contributed by atoms with Crippen molar-refractivity contribution in [2.24, 2.45) is 11.3 Å². The molecule has 13 heavy (non-hydrogen) atoms. The summed E-state index contributed by atoms with van der Waals surface area (Å²) in [5.41, 5.74) is -0.755. The maximum Gasteiger partial charge on any atom is 0.231 e. The fraction of sp³-hybridized carbons (Fsp3) is 0.900. The van der Waals surface area contributed by atoms with Gasteiger partial charge in [0, 0.05) is 13.6 Å². The zero-order valence-electron chi connectivity index (χ0n) is 8.80. The third-order valence-electron chi connectivity index (χ3n) is 3.35. The van der Waals surface area contributed by atoms with Gasteiger partial charge >= 0.3 is 0 Å². The first kappa shape index (κ1) is 10.5. The van der Waals surface area contributed by atoms with E-state index in [1.165, 1.54) is 6.92 Å². The number of amides is 1. The van der Waals surface area contributed by atoms with Crippen LogP contribution < -0.4 is 0 Å². The van der Waals surface area contributed by atoms with E-state index in [2.05, 4.69) is 0 Å². The Labute approximate surface area is 79.1 Å². The van der Waals surface area contributed by atoms with E-state index in [9.17, 15) is 9.18 Å². The predicted octanol–water partition coefficient (Wildman–Crippen LogP) is 1.85. The minimum Gasteiger partial charge on any atom is -0.345 e. The smallest absolute Gasteiger partial charge is 0.231 e. The number of hydrogen-bond acceptors (Lipinski definition) is 1. The fourth-order valence-electron chi connectivity index (χ4n) is 2.28. The van der Waals surface area contributed by atoms with Crippen LogP contribution in [0.3, 0.4) is 0 Å². The molecule has 1 saturated heterocycles. The van der Waals surface area contributed by atoms with Crippen LogP contribution >= 0.6 is 0 Å². The maximum absolute atomic E-state index is 13.5. The third kappa shape index (κ3) is 1.34. The molecule has 0 aromatic rings. The highest BCUT2D eigenvalue weighted by molar-refractivity contribution is 5.85. The number of likely N-dealkylation sites (tertiary alicyclic amines) is 1. The first-order valence-electron chi connectivity index (χ1n) is 4.82. The van der Waals surface area contributed by atoms with Gasteiger partial charge in [-0.05, 0) is 19.3 Å². The molecular formula is C10H18FNO. The summed E-state index contributed by atoms with van der Waals surface area (Å²) < 4.78 is 13.5. The van der Waals surface area contributed by atoms with E-state index in [-0.39, 0.29) is 11.8 Å². The maximum atomic E-state index is 13.5. The lowest BCUT2D eigenvalue weighted by Gasteiger charge is -2.32. The fourth-order valence-corrected chi connectivity index (χ4v) is 2.28. The molecule has 1 fully saturated rings. The van der Waals surface area contributed by atoms with Crippen LogP contribution in [0.15, 0.2) is 0 Å². The second-order valence-electron chi connectivity index (χ2n) is 4.29. The van der Waals surface area contributed by atoms with Crippen molar-refractivity contribution < 1.29 is 9.18 Å². The van der Waals surface area contributed by atoms with Crippen molar-refractivity contribution in [1.82, 2.24) is 4.90 Å². The van der Waals surface area contributed by atoms with Gasteiger partial charge in [0.05, 0.1) is 5.41 Å². The lowest BCUT2D eigenvalue weighted by molar-refractivity contribution is -0.140. The summed E-state index contributed by atoms with van der Waals surface area (Å²) in [4.78, 5) is 13.4. The molecule has 0 aromatic heterocycles. The summed E-state index contributed by atoms with van der Waals surface area (Å²) in [6, 6.07) is 0. The zero-order valence-corrected chi connectivity index (χ0v) is 8.80. The topological polar surface area (TPSA) is 20.3 Å². The second kappa shape index (κ2) is 3.28. The van der Waals surface area contributed by atoms with Crippen LogP contribution in [0.5, 0.6) is 0 Å². The van der Waals surface area contributed by atoms with Gasteiger partial charge in [-0.1, -0.05) is 13.8 Å². The lowest BCUT2D eigenvalue weighted by atomic mass is 9.72. The molecule has 2 nitrogen and oxygen atoms in total. The minimum atomic E-state index is -1.05. The number of alkyl halides is 1. The molecule has 0 bridgehead atoms. The zero-order chi connectivity index (χ0) is 10.2. The minimum absolute atomic E-state index is 0.0301. The molecule has 0 aliphatic carbocycles. The third-order valence-corrected chi connectivity index (χ3v) is 3.35. The second-order valence-corrected chi connectivity index (χ2v) is 4.29. The average Bonchev–Trinajstić information content (AvgIpc) is 2.30. The Hall–Kier alpha value is -0.600. The molecule has 0 radical (unpaired) electrons. The Morgan fingerprint density at radius 2 is 2.00 bits per heavy atom. The lowest BCUT2D eigenvalue weighted by Crippen LogP contribution is -2.43. The molecule has 1 amide bonds. The SMILES string of the molecule is CC(C)C1(C(C)F)CCN(C)C1=O. The Bertz CT molecular complexity index is 205. The van der Waals surface area contributed by atoms with E-state index in [0.717, 1.165) is 0 Å². The van der Waals surface area contributed by atoms with Crippen molar-refractivity contribution >= 4 is 5.91 Å². The van der Waals surface area contributed by atoms with E-state index in [0.29, 0.717) is 13.0 Å². The van der Waals surface area contributed by atoms with Crippen LogP contribution in [0, 0.1) is 11.3 Å². The molecule has 0 aromatic carbocycles. The normalized spacial score (nSPS) is 31.5. The number of halogens is 1. The molecule has 1 aliphatic heterocycles. The quantitative estimate of drug-likeness (QED) is 0.646. The molecule has 1 heterocycles. The van der Waals surface area contributed by atoms with E-state index in [1.54, 1.807) is 11.9 Å². The van der Waals surface area contributed by atoms with Gasteiger partial charge in [-0.3, -0.25) is 4.79 Å². The molecule has 1 aliphatic rings. The summed E-state index contributed by atoms with van der Waals surface area (Å²) in [6.45, 7) is 6.03. The van der Waals surface area contributed by atoms with Gasteiger partial charge in [0.2, 0.25) is 5.91 Å². The monoisotopic (exact) mass is 187 g/mol. The van der Waals surface area contributed by atoms with Crippen LogP contribution in [0.1, 0.15) is 27.2 Å². The first-order valence-corrected chi connectivity index (χ1v) is 4.82. The van der Waals surface area contributed by atoms with Gasteiger partial charge in [-0.25, -0.2) is 4.39 Å². The molecule has 76 valence electrons. The van der Waals surface area contributed by atoms with Crippen molar-refractivity contribution in [3.8, 4) is 0 Å². The van der Waals surface area contributed by atoms with Gasteiger partial charge in [0.15, 0.2) is 0 Å². The highest BCUT2D eigenvalue weighted by atomic mass is 19.1. The Morgan fingerprint density at radius 1 is 1.46 bits per heavy atom. The van der Waals surface area contributed by atoms with Crippen molar-refractivity contribution in [3.05, 3.63) is 0 Å². The molecule has 0 N–H and O–H groups in total. The largest absolute Gasteiger partial charge is 0.345 e. The van der Waals surface area contributed by atoms with Gasteiger partial charge in [0.1, 0.15) is 6.17 Å². The number of rotatable bonds is 2. The molecule has 1 rings (SSSR count). The summed E-state index contributed by atoms with van der Waals surface area (Å²) in [6.07, 6.45) is -0.401. The van der Waals surface area contributed by atoms with Gasteiger partial charge in [-0.2, -0.15) is 0 Å². The highest BCUT2D eigenvalue weighted by Crippen LogP contribution is 2.42. The summed E-state index contributed by atoms with van der Waals surface area (Å²) in [7, 11) is 1.74. The van der Waals surface area contributed by atoms with Crippen molar-refractivity contribution in [2.45, 2.75) is 33.4 Å².